The van der Waals surface area contributed by atoms with Crippen LogP contribution >= 0.6 is 0 Å². The zero-order valence-corrected chi connectivity index (χ0v) is 15.2. The summed E-state index contributed by atoms with van der Waals surface area (Å²) in [6.45, 7) is 6.37. The Kier molecular flexibility index (Phi) is 3.62. The average molecular weight is 330 g/mol. The summed E-state index contributed by atoms with van der Waals surface area (Å²) < 4.78 is 0. The van der Waals surface area contributed by atoms with Gasteiger partial charge in [-0.25, -0.2) is 0 Å². The standard InChI is InChI=1S/C21H30O3/c1-12(22)15-4-5-16-14-11-19(24)18-10-13(23)6-8-21(18,3)17(14)7-9-20(15,16)2/h10,14-17,19,24H,4-9,11H2,1-3H3/t14-,15+,16-,17-,19-,20+,21-/m1/s1. The van der Waals surface area contributed by atoms with Crippen molar-refractivity contribution < 1.29 is 14.7 Å². The SMILES string of the molecule is CC(=O)[C@@H]1CC[C@@H]2[C@H]3C[C@@H](O)C4=CC(=O)CC[C@]4(C)[C@@H]3CC[C@]21C. The van der Waals surface area contributed by atoms with Gasteiger partial charge in [0.2, 0.25) is 0 Å². The Labute approximate surface area is 144 Å². The van der Waals surface area contributed by atoms with Crippen LogP contribution in [0.15, 0.2) is 11.6 Å². The number of rotatable bonds is 1. The van der Waals surface area contributed by atoms with Crippen molar-refractivity contribution in [2.24, 2.45) is 34.5 Å². The van der Waals surface area contributed by atoms with Crippen molar-refractivity contribution in [3.63, 3.8) is 0 Å². The first-order chi connectivity index (χ1) is 11.3. The van der Waals surface area contributed by atoms with Gasteiger partial charge in [-0.1, -0.05) is 13.8 Å². The Morgan fingerprint density at radius 1 is 1.17 bits per heavy atom. The molecule has 0 aromatic carbocycles. The fraction of sp³-hybridized carbons (Fsp3) is 0.810. The summed E-state index contributed by atoms with van der Waals surface area (Å²) in [5.74, 6) is 2.35. The third-order valence-corrected chi connectivity index (χ3v) is 8.47. The van der Waals surface area contributed by atoms with E-state index < -0.39 is 6.10 Å². The summed E-state index contributed by atoms with van der Waals surface area (Å²) in [6, 6.07) is 0. The van der Waals surface area contributed by atoms with E-state index in [1.54, 1.807) is 13.0 Å². The number of hydrogen-bond acceptors (Lipinski definition) is 3. The molecule has 3 heteroatoms. The topological polar surface area (TPSA) is 54.4 Å². The predicted octanol–water partition coefficient (Wildman–Crippen LogP) is 3.69. The van der Waals surface area contributed by atoms with Crippen molar-refractivity contribution in [2.45, 2.75) is 71.8 Å². The first-order valence-corrected chi connectivity index (χ1v) is 9.71. The molecule has 24 heavy (non-hydrogen) atoms. The molecule has 4 aliphatic rings. The van der Waals surface area contributed by atoms with Crippen LogP contribution in [-0.4, -0.2) is 22.8 Å². The molecule has 132 valence electrons. The van der Waals surface area contributed by atoms with E-state index in [9.17, 15) is 14.7 Å². The summed E-state index contributed by atoms with van der Waals surface area (Å²) in [5, 5.41) is 10.8. The summed E-state index contributed by atoms with van der Waals surface area (Å²) in [5.41, 5.74) is 1.10. The van der Waals surface area contributed by atoms with Crippen molar-refractivity contribution in [3.05, 3.63) is 11.6 Å². The molecule has 0 saturated heterocycles. The Hall–Kier alpha value is -0.960. The smallest absolute Gasteiger partial charge is 0.155 e. The molecule has 0 spiro atoms. The molecular weight excluding hydrogens is 300 g/mol. The molecule has 4 rings (SSSR count). The lowest BCUT2D eigenvalue weighted by Crippen LogP contribution is -2.54. The monoisotopic (exact) mass is 330 g/mol. The van der Waals surface area contributed by atoms with Crippen LogP contribution in [0.3, 0.4) is 0 Å². The quantitative estimate of drug-likeness (QED) is 0.797. The molecule has 0 amide bonds. The van der Waals surface area contributed by atoms with E-state index in [2.05, 4.69) is 13.8 Å². The summed E-state index contributed by atoms with van der Waals surface area (Å²) in [4.78, 5) is 24.1. The van der Waals surface area contributed by atoms with Gasteiger partial charge in [-0.3, -0.25) is 9.59 Å². The van der Waals surface area contributed by atoms with E-state index >= 15 is 0 Å². The average Bonchev–Trinajstić information content (AvgIpc) is 2.87. The van der Waals surface area contributed by atoms with Crippen molar-refractivity contribution in [1.82, 2.24) is 0 Å². The second kappa shape index (κ2) is 5.27. The summed E-state index contributed by atoms with van der Waals surface area (Å²) in [7, 11) is 0. The zero-order valence-electron chi connectivity index (χ0n) is 15.2. The number of fused-ring (bicyclic) bond motifs is 5. The lowest BCUT2D eigenvalue weighted by molar-refractivity contribution is -0.130. The molecule has 0 bridgehead atoms. The molecule has 0 aromatic heterocycles. The van der Waals surface area contributed by atoms with Crippen molar-refractivity contribution in [2.75, 3.05) is 0 Å². The fourth-order valence-electron chi connectivity index (χ4n) is 7.27. The predicted molar refractivity (Wildman–Crippen MR) is 92.3 cm³/mol. The third kappa shape index (κ3) is 2.06. The Bertz CT molecular complexity index is 621. The Morgan fingerprint density at radius 3 is 2.62 bits per heavy atom. The van der Waals surface area contributed by atoms with Gasteiger partial charge in [0.25, 0.3) is 0 Å². The second-order valence-electron chi connectivity index (χ2n) is 9.40. The Morgan fingerprint density at radius 2 is 1.92 bits per heavy atom. The first-order valence-electron chi connectivity index (χ1n) is 9.71. The highest BCUT2D eigenvalue weighted by Crippen LogP contribution is 2.66. The van der Waals surface area contributed by atoms with Gasteiger partial charge in [-0.2, -0.15) is 0 Å². The summed E-state index contributed by atoms with van der Waals surface area (Å²) >= 11 is 0. The maximum Gasteiger partial charge on any atom is 0.155 e. The molecule has 3 nitrogen and oxygen atoms in total. The summed E-state index contributed by atoms with van der Waals surface area (Å²) in [6.07, 6.45) is 7.97. The minimum absolute atomic E-state index is 0.0219. The van der Waals surface area contributed by atoms with E-state index in [1.165, 1.54) is 0 Å². The second-order valence-corrected chi connectivity index (χ2v) is 9.40. The molecular formula is C21H30O3. The van der Waals surface area contributed by atoms with E-state index in [0.29, 0.717) is 30.0 Å². The molecule has 4 aliphatic carbocycles. The highest BCUT2D eigenvalue weighted by molar-refractivity contribution is 5.91. The van der Waals surface area contributed by atoms with Gasteiger partial charge in [0.05, 0.1) is 6.10 Å². The number of Topliss-reactive ketones (excluding diaryl/α,β-unsaturated/α-hetero) is 1. The van der Waals surface area contributed by atoms with Crippen LogP contribution in [0.4, 0.5) is 0 Å². The molecule has 7 atom stereocenters. The van der Waals surface area contributed by atoms with Gasteiger partial charge in [-0.05, 0) is 85.7 Å². The molecule has 0 radical (unpaired) electrons. The molecule has 3 fully saturated rings. The normalized spacial score (nSPS) is 50.6. The highest BCUT2D eigenvalue weighted by atomic mass is 16.3. The van der Waals surface area contributed by atoms with Crippen LogP contribution in [0.2, 0.25) is 0 Å². The largest absolute Gasteiger partial charge is 0.389 e. The van der Waals surface area contributed by atoms with Crippen LogP contribution in [-0.2, 0) is 9.59 Å². The molecule has 0 aromatic rings. The minimum atomic E-state index is -0.473. The molecule has 0 aliphatic heterocycles. The molecule has 3 saturated carbocycles. The van der Waals surface area contributed by atoms with Crippen LogP contribution in [0.5, 0.6) is 0 Å². The number of aliphatic hydroxyl groups excluding tert-OH is 1. The van der Waals surface area contributed by atoms with Crippen molar-refractivity contribution >= 4 is 11.6 Å². The first kappa shape index (κ1) is 16.5. The van der Waals surface area contributed by atoms with Crippen molar-refractivity contribution in [3.8, 4) is 0 Å². The lowest BCUT2D eigenvalue weighted by atomic mass is 9.46. The number of hydrogen-bond donors (Lipinski definition) is 1. The van der Waals surface area contributed by atoms with Crippen LogP contribution in [0, 0.1) is 34.5 Å². The number of ketones is 2. The Balaban J connectivity index is 1.71. The van der Waals surface area contributed by atoms with Gasteiger partial charge >= 0.3 is 0 Å². The van der Waals surface area contributed by atoms with Gasteiger partial charge < -0.3 is 5.11 Å². The highest BCUT2D eigenvalue weighted by Gasteiger charge is 2.61. The van der Waals surface area contributed by atoms with E-state index in [0.717, 1.165) is 44.1 Å². The van der Waals surface area contributed by atoms with Gasteiger partial charge in [0.15, 0.2) is 5.78 Å². The lowest BCUT2D eigenvalue weighted by Gasteiger charge is -2.59. The number of carbonyl (C=O) groups is 2. The van der Waals surface area contributed by atoms with Gasteiger partial charge in [0, 0.05) is 12.3 Å². The number of carbonyl (C=O) groups excluding carboxylic acids is 2. The van der Waals surface area contributed by atoms with E-state index in [-0.39, 0.29) is 22.5 Å². The van der Waals surface area contributed by atoms with E-state index in [4.69, 9.17) is 0 Å². The van der Waals surface area contributed by atoms with Gasteiger partial charge in [-0.15, -0.1) is 0 Å². The maximum absolute atomic E-state index is 12.2. The van der Waals surface area contributed by atoms with Gasteiger partial charge in [0.1, 0.15) is 5.78 Å². The number of aliphatic hydroxyl groups is 1. The molecule has 0 unspecified atom stereocenters. The molecule has 0 heterocycles. The van der Waals surface area contributed by atoms with Crippen LogP contribution in [0.1, 0.15) is 65.7 Å². The molecule has 1 N–H and O–H groups in total. The zero-order chi connectivity index (χ0) is 17.3. The van der Waals surface area contributed by atoms with Crippen molar-refractivity contribution in [1.29, 1.82) is 0 Å². The van der Waals surface area contributed by atoms with Crippen LogP contribution in [0.25, 0.3) is 0 Å². The third-order valence-electron chi connectivity index (χ3n) is 8.47. The minimum Gasteiger partial charge on any atom is -0.389 e. The van der Waals surface area contributed by atoms with Crippen LogP contribution < -0.4 is 0 Å². The van der Waals surface area contributed by atoms with E-state index in [1.807, 2.05) is 0 Å². The maximum atomic E-state index is 12.2. The fourth-order valence-corrected chi connectivity index (χ4v) is 7.27.